The second-order valence-corrected chi connectivity index (χ2v) is 4.77. The van der Waals surface area contributed by atoms with Gasteiger partial charge in [-0.15, -0.1) is 0 Å². The van der Waals surface area contributed by atoms with Gasteiger partial charge < -0.3 is 4.90 Å². The first-order chi connectivity index (χ1) is 7.09. The van der Waals surface area contributed by atoms with E-state index in [4.69, 9.17) is 0 Å². The minimum Gasteiger partial charge on any atom is -0.311 e. The van der Waals surface area contributed by atoms with E-state index in [2.05, 4.69) is 12.6 Å². The van der Waals surface area contributed by atoms with E-state index in [0.717, 1.165) is 11.3 Å². The zero-order valence-corrected chi connectivity index (χ0v) is 9.92. The van der Waals surface area contributed by atoms with Crippen LogP contribution in [0.5, 0.6) is 0 Å². The number of hydrogen-bond acceptors (Lipinski definition) is 2. The lowest BCUT2D eigenvalue weighted by molar-refractivity contribution is -0.122. The second-order valence-electron chi connectivity index (χ2n) is 4.32. The predicted octanol–water partition coefficient (Wildman–Crippen LogP) is 2.24. The Labute approximate surface area is 95.7 Å². The maximum Gasteiger partial charge on any atom is 0.237 e. The Balaban J connectivity index is 2.52. The van der Waals surface area contributed by atoms with Crippen LogP contribution in [0.15, 0.2) is 24.3 Å². The van der Waals surface area contributed by atoms with Crippen molar-refractivity contribution in [3.8, 4) is 0 Å². The Morgan fingerprint density at radius 2 is 2.00 bits per heavy atom. The van der Waals surface area contributed by atoms with Crippen molar-refractivity contribution in [3.05, 3.63) is 29.8 Å². The van der Waals surface area contributed by atoms with Crippen LogP contribution in [0, 0.1) is 0 Å². The number of amides is 1. The molecule has 0 bridgehead atoms. The molecule has 1 aliphatic heterocycles. The standard InChI is InChI=1S/C12H15NOS/c1-12(2)9-5-3-4-6-10(9)13(7-8-15)11(12)14/h3-6,15H,7-8H2,1-2H3. The maximum atomic E-state index is 12.2. The molecule has 0 N–H and O–H groups in total. The Morgan fingerprint density at radius 3 is 2.67 bits per heavy atom. The van der Waals surface area contributed by atoms with Crippen molar-refractivity contribution in [2.24, 2.45) is 0 Å². The summed E-state index contributed by atoms with van der Waals surface area (Å²) in [5.74, 6) is 0.869. The molecule has 1 aliphatic rings. The Bertz CT molecular complexity index is 400. The van der Waals surface area contributed by atoms with E-state index in [1.807, 2.05) is 43.0 Å². The number of carbonyl (C=O) groups is 1. The van der Waals surface area contributed by atoms with Crippen LogP contribution in [0.2, 0.25) is 0 Å². The zero-order valence-electron chi connectivity index (χ0n) is 9.03. The van der Waals surface area contributed by atoms with Gasteiger partial charge in [0.1, 0.15) is 0 Å². The van der Waals surface area contributed by atoms with Crippen LogP contribution in [0.3, 0.4) is 0 Å². The normalized spacial score (nSPS) is 18.1. The second kappa shape index (κ2) is 3.56. The van der Waals surface area contributed by atoms with Crippen LogP contribution in [0.25, 0.3) is 0 Å². The van der Waals surface area contributed by atoms with E-state index in [1.165, 1.54) is 0 Å². The summed E-state index contributed by atoms with van der Waals surface area (Å²) in [4.78, 5) is 14.0. The van der Waals surface area contributed by atoms with E-state index >= 15 is 0 Å². The van der Waals surface area contributed by atoms with Gasteiger partial charge in [0.2, 0.25) is 5.91 Å². The molecule has 0 aromatic heterocycles. The Hall–Kier alpha value is -0.960. The van der Waals surface area contributed by atoms with E-state index in [1.54, 1.807) is 0 Å². The highest BCUT2D eigenvalue weighted by molar-refractivity contribution is 7.80. The van der Waals surface area contributed by atoms with Crippen molar-refractivity contribution in [1.82, 2.24) is 0 Å². The highest BCUT2D eigenvalue weighted by Gasteiger charge is 2.42. The minimum atomic E-state index is -0.389. The number of carbonyl (C=O) groups excluding carboxylic acids is 1. The van der Waals surface area contributed by atoms with Crippen LogP contribution in [0.1, 0.15) is 19.4 Å². The van der Waals surface area contributed by atoms with Gasteiger partial charge >= 0.3 is 0 Å². The molecule has 1 aromatic rings. The minimum absolute atomic E-state index is 0.178. The number of anilines is 1. The van der Waals surface area contributed by atoms with Gasteiger partial charge in [-0.2, -0.15) is 12.6 Å². The molecule has 80 valence electrons. The number of hydrogen-bond donors (Lipinski definition) is 1. The number of para-hydroxylation sites is 1. The van der Waals surface area contributed by atoms with Gasteiger partial charge in [-0.1, -0.05) is 18.2 Å². The maximum absolute atomic E-state index is 12.2. The van der Waals surface area contributed by atoms with Gasteiger partial charge in [0.15, 0.2) is 0 Å². The molecule has 0 saturated carbocycles. The topological polar surface area (TPSA) is 20.3 Å². The number of benzene rings is 1. The van der Waals surface area contributed by atoms with Gasteiger partial charge in [0.05, 0.1) is 5.41 Å². The van der Waals surface area contributed by atoms with E-state index in [0.29, 0.717) is 12.3 Å². The molecule has 0 spiro atoms. The first-order valence-electron chi connectivity index (χ1n) is 5.11. The lowest BCUT2D eigenvalue weighted by atomic mass is 9.86. The molecule has 3 heteroatoms. The average Bonchev–Trinajstić information content (AvgIpc) is 2.42. The highest BCUT2D eigenvalue weighted by Crippen LogP contribution is 2.40. The van der Waals surface area contributed by atoms with Crippen LogP contribution in [-0.2, 0) is 10.2 Å². The molecule has 0 saturated heterocycles. The van der Waals surface area contributed by atoms with Crippen molar-refractivity contribution in [2.75, 3.05) is 17.2 Å². The summed E-state index contributed by atoms with van der Waals surface area (Å²) in [7, 11) is 0. The van der Waals surface area contributed by atoms with Crippen molar-refractivity contribution in [2.45, 2.75) is 19.3 Å². The van der Waals surface area contributed by atoms with Crippen LogP contribution >= 0.6 is 12.6 Å². The number of fused-ring (bicyclic) bond motifs is 1. The molecule has 0 atom stereocenters. The summed E-state index contributed by atoms with van der Waals surface area (Å²) in [6.45, 7) is 4.64. The van der Waals surface area contributed by atoms with Gasteiger partial charge in [-0.05, 0) is 25.5 Å². The zero-order chi connectivity index (χ0) is 11.1. The number of nitrogens with zero attached hydrogens (tertiary/aromatic N) is 1. The van der Waals surface area contributed by atoms with Gasteiger partial charge in [0.25, 0.3) is 0 Å². The molecule has 0 aliphatic carbocycles. The molecule has 2 nitrogen and oxygen atoms in total. The SMILES string of the molecule is CC1(C)C(=O)N(CCS)c2ccccc21. The average molecular weight is 221 g/mol. The van der Waals surface area contributed by atoms with Crippen molar-refractivity contribution in [3.63, 3.8) is 0 Å². The predicted molar refractivity (Wildman–Crippen MR) is 65.7 cm³/mol. The molecule has 1 heterocycles. The van der Waals surface area contributed by atoms with Gasteiger partial charge in [-0.25, -0.2) is 0 Å². The smallest absolute Gasteiger partial charge is 0.237 e. The van der Waals surface area contributed by atoms with Crippen molar-refractivity contribution >= 4 is 24.2 Å². The molecule has 0 unspecified atom stereocenters. The van der Waals surface area contributed by atoms with Gasteiger partial charge in [0, 0.05) is 18.0 Å². The molecule has 0 fully saturated rings. The first kappa shape index (κ1) is 10.6. The van der Waals surface area contributed by atoms with E-state index in [9.17, 15) is 4.79 Å². The molecule has 15 heavy (non-hydrogen) atoms. The molecular formula is C12H15NOS. The molecule has 2 rings (SSSR count). The van der Waals surface area contributed by atoms with Crippen LogP contribution < -0.4 is 4.90 Å². The molecular weight excluding hydrogens is 206 g/mol. The van der Waals surface area contributed by atoms with E-state index in [-0.39, 0.29) is 11.3 Å². The molecule has 1 aromatic carbocycles. The summed E-state index contributed by atoms with van der Waals surface area (Å²) >= 11 is 4.19. The lowest BCUT2D eigenvalue weighted by Gasteiger charge is -2.19. The highest BCUT2D eigenvalue weighted by atomic mass is 32.1. The van der Waals surface area contributed by atoms with Gasteiger partial charge in [-0.3, -0.25) is 4.79 Å². The van der Waals surface area contributed by atoms with Crippen molar-refractivity contribution < 1.29 is 4.79 Å². The summed E-state index contributed by atoms with van der Waals surface area (Å²) < 4.78 is 0. The quantitative estimate of drug-likeness (QED) is 0.759. The largest absolute Gasteiger partial charge is 0.311 e. The summed E-state index contributed by atoms with van der Waals surface area (Å²) in [5, 5.41) is 0. The molecule has 1 amide bonds. The summed E-state index contributed by atoms with van der Waals surface area (Å²) in [6.07, 6.45) is 0. The summed E-state index contributed by atoms with van der Waals surface area (Å²) in [6, 6.07) is 7.99. The third kappa shape index (κ3) is 1.46. The fourth-order valence-corrected chi connectivity index (χ4v) is 2.32. The fraction of sp³-hybridized carbons (Fsp3) is 0.417. The lowest BCUT2D eigenvalue weighted by Crippen LogP contribution is -2.37. The number of thiol groups is 1. The molecule has 0 radical (unpaired) electrons. The van der Waals surface area contributed by atoms with Crippen LogP contribution in [-0.4, -0.2) is 18.2 Å². The third-order valence-corrected chi connectivity index (χ3v) is 3.17. The fourth-order valence-electron chi connectivity index (χ4n) is 2.12. The van der Waals surface area contributed by atoms with E-state index < -0.39 is 0 Å². The third-order valence-electron chi connectivity index (χ3n) is 2.97. The monoisotopic (exact) mass is 221 g/mol. The van der Waals surface area contributed by atoms with Crippen LogP contribution in [0.4, 0.5) is 5.69 Å². The number of rotatable bonds is 2. The first-order valence-corrected chi connectivity index (χ1v) is 5.74. The van der Waals surface area contributed by atoms with Crippen molar-refractivity contribution in [1.29, 1.82) is 0 Å². The Kier molecular flexibility index (Phi) is 2.51. The Morgan fingerprint density at radius 1 is 1.33 bits per heavy atom. The summed E-state index contributed by atoms with van der Waals surface area (Å²) in [5.41, 5.74) is 1.78.